The highest BCUT2D eigenvalue weighted by Gasteiger charge is 2.40. The summed E-state index contributed by atoms with van der Waals surface area (Å²) in [4.78, 5) is 128. The van der Waals surface area contributed by atoms with E-state index >= 15 is 30.7 Å². The van der Waals surface area contributed by atoms with Crippen LogP contribution in [0.4, 0.5) is 87.2 Å². The summed E-state index contributed by atoms with van der Waals surface area (Å²) in [6.07, 6.45) is 8.36. The number of nitrogens with zero attached hydrogens (tertiary/aromatic N) is 18. The van der Waals surface area contributed by atoms with E-state index < -0.39 is 153 Å². The predicted molar refractivity (Wildman–Crippen MR) is 485 cm³/mol. The molecule has 9 aromatic heterocycles. The van der Waals surface area contributed by atoms with Gasteiger partial charge in [-0.25, -0.2) is 95.7 Å². The van der Waals surface area contributed by atoms with Crippen molar-refractivity contribution < 1.29 is 67.1 Å². The van der Waals surface area contributed by atoms with Gasteiger partial charge in [0.25, 0.3) is 0 Å². The maximum absolute atomic E-state index is 16.1. The highest BCUT2D eigenvalue weighted by Crippen LogP contribution is 2.46. The molecule has 0 saturated carbocycles. The van der Waals surface area contributed by atoms with Crippen molar-refractivity contribution in [3.63, 3.8) is 0 Å². The average Bonchev–Trinajstić information content (AvgIpc) is 0.729. The van der Waals surface area contributed by atoms with Gasteiger partial charge < -0.3 is 46.6 Å². The number of anilines is 6. The first kappa shape index (κ1) is 97.0. The van der Waals surface area contributed by atoms with Gasteiger partial charge in [-0.15, -0.1) is 0 Å². The molecule has 12 heterocycles. The number of rotatable bonds is 15. The van der Waals surface area contributed by atoms with Gasteiger partial charge >= 0.3 is 17.1 Å². The van der Waals surface area contributed by atoms with Gasteiger partial charge in [-0.2, -0.15) is 15.0 Å². The van der Waals surface area contributed by atoms with E-state index in [4.69, 9.17) is 52.0 Å². The molecular weight excluding hydrogens is 1820 g/mol. The maximum Gasteiger partial charge on any atom is 0.355 e. The van der Waals surface area contributed by atoms with E-state index in [1.165, 1.54) is 22.8 Å². The largest absolute Gasteiger partial charge is 0.397 e. The number of nitrogen functional groups attached to an aromatic ring is 3. The smallest absolute Gasteiger partial charge is 0.355 e. The lowest BCUT2D eigenvalue weighted by atomic mass is 10.0. The number of carbonyl (C=O) groups excluding carboxylic acids is 3. The molecule has 12 aromatic rings. The molecule has 3 saturated heterocycles. The lowest BCUT2D eigenvalue weighted by molar-refractivity contribution is -0.131. The van der Waals surface area contributed by atoms with Crippen LogP contribution in [0.25, 0.3) is 83.9 Å². The van der Waals surface area contributed by atoms with Crippen LogP contribution in [0.3, 0.4) is 0 Å². The van der Waals surface area contributed by atoms with Crippen LogP contribution in [0.5, 0.6) is 0 Å². The number of nitrogens with two attached hydrogens (primary N) is 3. The van der Waals surface area contributed by atoms with Crippen molar-refractivity contribution in [3.05, 3.63) is 243 Å². The monoisotopic (exact) mass is 1900 g/mol. The summed E-state index contributed by atoms with van der Waals surface area (Å²) < 4.78 is 184. The van der Waals surface area contributed by atoms with Crippen LogP contribution in [-0.4, -0.2) is 168 Å². The van der Waals surface area contributed by atoms with E-state index in [-0.39, 0.29) is 168 Å². The van der Waals surface area contributed by atoms with E-state index in [1.807, 2.05) is 55.4 Å². The molecule has 0 spiro atoms. The van der Waals surface area contributed by atoms with E-state index in [0.29, 0.717) is 45.1 Å². The first-order chi connectivity index (χ1) is 62.7. The molecule has 133 heavy (non-hydrogen) atoms. The highest BCUT2D eigenvalue weighted by atomic mass is 35.5. The topological polar surface area (TPSA) is 331 Å². The normalized spacial score (nSPS) is 15.9. The summed E-state index contributed by atoms with van der Waals surface area (Å²) in [6.45, 7) is 36.2. The summed E-state index contributed by atoms with van der Waals surface area (Å²) in [6, 6.07) is 6.53. The Labute approximate surface area is 766 Å². The van der Waals surface area contributed by atoms with Crippen molar-refractivity contribution >= 4 is 120 Å². The summed E-state index contributed by atoms with van der Waals surface area (Å²) in [7, 11) is 0. The number of amides is 3. The number of fused-ring (bicyclic) bond motifs is 3. The molecule has 0 bridgehead atoms. The van der Waals surface area contributed by atoms with Crippen molar-refractivity contribution in [2.45, 2.75) is 132 Å². The minimum absolute atomic E-state index is 0.00647. The minimum Gasteiger partial charge on any atom is -0.397 e. The SMILES string of the molecule is C=CC(=O)N1CCN(c2nc(=O)n(-c3c(C)ccnc3C(C)C)c3nc(-c4c(N)c(F)c(F)c(Cl)c4F)c(F)cc23)CC1.C=CC(=O)N1[C@H](C)CN(c2nc(=O)n(-c3c(C)ccnc3C(C)C)c3nc(-c4c(F)c(N)c(F)c(F)c4F)c(F)cc23)C[C@@H]1C.C=CC(=O)N1[C@H](C)CN(c2nc(=O)n(-c3c(C)ccnc3C(C)C)c3nc(-c4c(N)c(Cl)c(F)c(Cl)c4F)c(F)cc23)C[C@@H]1C. The second-order valence-corrected chi connectivity index (χ2v) is 34.2. The second-order valence-electron chi connectivity index (χ2n) is 33.0. The Balaban J connectivity index is 0.000000169. The van der Waals surface area contributed by atoms with Crippen LogP contribution in [0.2, 0.25) is 15.1 Å². The van der Waals surface area contributed by atoms with Crippen molar-refractivity contribution in [1.82, 2.24) is 73.3 Å². The van der Waals surface area contributed by atoms with E-state index in [0.717, 1.165) is 27.3 Å². The van der Waals surface area contributed by atoms with E-state index in [9.17, 15) is 50.7 Å². The van der Waals surface area contributed by atoms with Gasteiger partial charge in [0.1, 0.15) is 55.3 Å². The van der Waals surface area contributed by atoms with Gasteiger partial charge in [0.15, 0.2) is 86.7 Å². The fourth-order valence-electron chi connectivity index (χ4n) is 17.0. The van der Waals surface area contributed by atoms with Crippen molar-refractivity contribution in [2.24, 2.45) is 0 Å². The zero-order valence-corrected chi connectivity index (χ0v) is 75.9. The Morgan fingerprint density at radius 1 is 0.391 bits per heavy atom. The zero-order valence-electron chi connectivity index (χ0n) is 73.6. The highest BCUT2D eigenvalue weighted by molar-refractivity contribution is 6.37. The predicted octanol–water partition coefficient (Wildman–Crippen LogP) is 16.3. The van der Waals surface area contributed by atoms with Crippen molar-refractivity contribution in [2.75, 3.05) is 84.3 Å². The Morgan fingerprint density at radius 3 is 1.05 bits per heavy atom. The molecule has 4 atom stereocenters. The number of carbonyl (C=O) groups is 3. The van der Waals surface area contributed by atoms with Crippen LogP contribution in [0.15, 0.2) is 107 Å². The standard InChI is InChI=1S/C31H30Cl2F3N7O2.C31H30F5N7O2.C29H26ClF4N7O2/c1-7-19(44)42-15(5)11-41(12-16(42)6)29-17-10-18(34)27(20-23(35)21(32)24(36)22(33)25(20)37)39-30(17)43(31(45)40-29)28-14(4)8-9-38-26(28)13(2)3;1-7-19(44)42-15(5)11-41(12-16(42)6)29-17-10-18(32)27(20-21(33)23(35)24(36)25(37)22(20)34)39-30(17)43(31(45)40-29)28-14(4)8-9-38-26(28)13(2)3;1-5-17(42)39-8-10-40(11-9-39)27-15-12-16(31)25(18-20(32)19(30)21(33)22(34)23(18)35)37-28(15)41(29(43)38-27)26-14(4)6-7-36-24(26)13(2)3/h2*7-10,13,15-16H,1,11-12,37H2,2-6H3;5-7,12-13H,1,8-11,35H2,2-4H3/t2*15-,16+;. The van der Waals surface area contributed by atoms with Crippen molar-refractivity contribution in [3.8, 4) is 50.8 Å². The van der Waals surface area contributed by atoms with Gasteiger partial charge in [-0.3, -0.25) is 29.3 Å². The number of piperazine rings is 3. The lowest BCUT2D eigenvalue weighted by Gasteiger charge is -2.44. The molecule has 3 amide bonds. The quantitative estimate of drug-likeness (QED) is 0.0282. The van der Waals surface area contributed by atoms with E-state index in [2.05, 4.69) is 64.6 Å². The molecule has 696 valence electrons. The number of halogens is 15. The minimum atomic E-state index is -2.11. The third kappa shape index (κ3) is 17.3. The molecule has 6 N–H and O–H groups in total. The summed E-state index contributed by atoms with van der Waals surface area (Å²) >= 11 is 17.5. The van der Waals surface area contributed by atoms with Gasteiger partial charge in [-0.05, 0) is 138 Å². The third-order valence-electron chi connectivity index (χ3n) is 23.2. The molecular formula is C91H86Cl3F12N21O6. The molecule has 42 heteroatoms. The molecule has 3 aliphatic heterocycles. The van der Waals surface area contributed by atoms with Crippen LogP contribution in [0.1, 0.15) is 121 Å². The summed E-state index contributed by atoms with van der Waals surface area (Å²) in [5, 5.41) is -2.75. The number of hydrogen-bond acceptors (Lipinski definition) is 21. The van der Waals surface area contributed by atoms with Crippen LogP contribution in [-0.2, 0) is 14.4 Å². The molecule has 15 rings (SSSR count). The van der Waals surface area contributed by atoms with Gasteiger partial charge in [0.2, 0.25) is 17.7 Å². The van der Waals surface area contributed by atoms with Crippen LogP contribution >= 0.6 is 34.8 Å². The molecule has 3 aromatic carbocycles. The number of hydrogen-bond donors (Lipinski definition) is 3. The number of pyridine rings is 6. The molecule has 0 unspecified atom stereocenters. The Kier molecular flexibility index (Phi) is 27.7. The summed E-state index contributed by atoms with van der Waals surface area (Å²) in [5.74, 6) is -20.1. The molecule has 0 aliphatic carbocycles. The number of aryl methyl sites for hydroxylation is 3. The van der Waals surface area contributed by atoms with E-state index in [1.54, 1.807) is 101 Å². The zero-order chi connectivity index (χ0) is 97.5. The second kappa shape index (κ2) is 38.0. The Bertz CT molecular complexity index is 6690. The fourth-order valence-corrected chi connectivity index (χ4v) is 17.6. The summed E-state index contributed by atoms with van der Waals surface area (Å²) in [5.41, 5.74) is 9.99. The average molecular weight is 1900 g/mol. The molecule has 3 fully saturated rings. The first-order valence-corrected chi connectivity index (χ1v) is 42.6. The van der Waals surface area contributed by atoms with Gasteiger partial charge in [0.05, 0.1) is 78.4 Å². The maximum atomic E-state index is 16.1. The number of benzene rings is 3. The lowest BCUT2D eigenvalue weighted by Crippen LogP contribution is -2.58. The van der Waals surface area contributed by atoms with Crippen LogP contribution < -0.4 is 49.0 Å². The number of aromatic nitrogens is 12. The molecule has 0 radical (unpaired) electrons. The molecule has 27 nitrogen and oxygen atoms in total. The molecule has 3 aliphatic rings. The Morgan fingerprint density at radius 2 is 0.707 bits per heavy atom. The Hall–Kier alpha value is -13.6. The fraction of sp³-hybridized carbons (Fsp3) is 0.308. The van der Waals surface area contributed by atoms with Crippen LogP contribution in [0, 0.1) is 90.6 Å². The van der Waals surface area contributed by atoms with Gasteiger partial charge in [-0.1, -0.05) is 96.1 Å². The first-order valence-electron chi connectivity index (χ1n) is 41.4. The van der Waals surface area contributed by atoms with Crippen molar-refractivity contribution in [1.29, 1.82) is 0 Å². The van der Waals surface area contributed by atoms with Gasteiger partial charge in [0, 0.05) is 95.1 Å². The third-order valence-corrected chi connectivity index (χ3v) is 24.2.